The van der Waals surface area contributed by atoms with Crippen LogP contribution in [0, 0.1) is 0 Å². The summed E-state index contributed by atoms with van der Waals surface area (Å²) >= 11 is 3.43. The van der Waals surface area contributed by atoms with Crippen LogP contribution >= 0.6 is 15.9 Å². The van der Waals surface area contributed by atoms with Crippen LogP contribution in [-0.4, -0.2) is 23.5 Å². The Morgan fingerprint density at radius 1 is 1.19 bits per heavy atom. The molecule has 2 aromatic carbocycles. The maximum Gasteiger partial charge on any atom is 0.341 e. The number of esters is 1. The second-order valence-corrected chi connectivity index (χ2v) is 6.33. The number of benzene rings is 2. The number of carbonyl (C=O) groups excluding carboxylic acids is 2. The highest BCUT2D eigenvalue weighted by Gasteiger charge is 2.17. The summed E-state index contributed by atoms with van der Waals surface area (Å²) in [7, 11) is 0. The number of rotatable bonds is 5. The number of anilines is 2. The van der Waals surface area contributed by atoms with E-state index in [0.29, 0.717) is 22.5 Å². The molecular formula is C19H14BrN2O4-. The van der Waals surface area contributed by atoms with Crippen LogP contribution in [-0.2, 0) is 4.74 Å². The van der Waals surface area contributed by atoms with Gasteiger partial charge in [-0.2, -0.15) is 0 Å². The van der Waals surface area contributed by atoms with E-state index in [1.54, 1.807) is 19.1 Å². The van der Waals surface area contributed by atoms with E-state index in [4.69, 9.17) is 4.74 Å². The summed E-state index contributed by atoms with van der Waals surface area (Å²) < 4.78 is 5.96. The Balaban J connectivity index is 2.11. The molecule has 1 N–H and O–H groups in total. The van der Waals surface area contributed by atoms with Gasteiger partial charge in [-0.1, -0.05) is 28.1 Å². The Hall–Kier alpha value is -2.93. The van der Waals surface area contributed by atoms with Gasteiger partial charge < -0.3 is 20.0 Å². The average Bonchev–Trinajstić information content (AvgIpc) is 2.62. The van der Waals surface area contributed by atoms with E-state index < -0.39 is 11.9 Å². The molecule has 132 valence electrons. The Morgan fingerprint density at radius 3 is 2.58 bits per heavy atom. The molecule has 3 aromatic rings. The molecular weight excluding hydrogens is 400 g/mol. The molecule has 6 nitrogen and oxygen atoms in total. The highest BCUT2D eigenvalue weighted by molar-refractivity contribution is 9.10. The Morgan fingerprint density at radius 2 is 1.92 bits per heavy atom. The van der Waals surface area contributed by atoms with E-state index in [1.165, 1.54) is 18.3 Å². The number of nitrogens with one attached hydrogen (secondary N) is 1. The number of aromatic carboxylic acids is 1. The first-order chi connectivity index (χ1) is 12.5. The van der Waals surface area contributed by atoms with Gasteiger partial charge in [0, 0.05) is 21.7 Å². The van der Waals surface area contributed by atoms with Crippen LogP contribution in [0.1, 0.15) is 27.6 Å². The lowest BCUT2D eigenvalue weighted by atomic mass is 10.1. The fraction of sp³-hybridized carbons (Fsp3) is 0.105. The van der Waals surface area contributed by atoms with Crippen LogP contribution in [0.4, 0.5) is 11.4 Å². The molecule has 0 atom stereocenters. The van der Waals surface area contributed by atoms with Gasteiger partial charge in [-0.15, -0.1) is 0 Å². The van der Waals surface area contributed by atoms with Gasteiger partial charge in [0.15, 0.2) is 0 Å². The minimum absolute atomic E-state index is 0.0727. The molecule has 7 heteroatoms. The SMILES string of the molecule is CCOC(=O)c1cnc2ccc(Br)cc2c1Nc1ccc(C(=O)[O-])cc1. The normalized spacial score (nSPS) is 10.5. The quantitative estimate of drug-likeness (QED) is 0.645. The Bertz CT molecular complexity index is 987. The first kappa shape index (κ1) is 17.9. The minimum atomic E-state index is -1.25. The topological polar surface area (TPSA) is 91.3 Å². The minimum Gasteiger partial charge on any atom is -0.545 e. The van der Waals surface area contributed by atoms with Crippen LogP contribution in [0.15, 0.2) is 53.1 Å². The van der Waals surface area contributed by atoms with E-state index in [9.17, 15) is 14.7 Å². The molecule has 0 aliphatic carbocycles. The Labute approximate surface area is 157 Å². The molecule has 0 saturated carbocycles. The van der Waals surface area contributed by atoms with Gasteiger partial charge in [-0.3, -0.25) is 4.98 Å². The van der Waals surface area contributed by atoms with Crippen molar-refractivity contribution in [1.82, 2.24) is 4.98 Å². The molecule has 3 rings (SSSR count). The van der Waals surface area contributed by atoms with Crippen molar-refractivity contribution in [3.63, 3.8) is 0 Å². The molecule has 0 amide bonds. The zero-order valence-electron chi connectivity index (χ0n) is 13.8. The summed E-state index contributed by atoms with van der Waals surface area (Å²) in [5.41, 5.74) is 2.23. The molecule has 0 fully saturated rings. The summed E-state index contributed by atoms with van der Waals surface area (Å²) in [6, 6.07) is 11.6. The van der Waals surface area contributed by atoms with E-state index in [0.717, 1.165) is 9.86 Å². The highest BCUT2D eigenvalue weighted by atomic mass is 79.9. The van der Waals surface area contributed by atoms with Gasteiger partial charge in [-0.05, 0) is 42.8 Å². The fourth-order valence-electron chi connectivity index (χ4n) is 2.50. The molecule has 1 aromatic heterocycles. The molecule has 0 saturated heterocycles. The van der Waals surface area contributed by atoms with Crippen LogP contribution < -0.4 is 10.4 Å². The van der Waals surface area contributed by atoms with E-state index in [1.807, 2.05) is 18.2 Å². The smallest absolute Gasteiger partial charge is 0.341 e. The zero-order valence-corrected chi connectivity index (χ0v) is 15.4. The van der Waals surface area contributed by atoms with Crippen molar-refractivity contribution >= 4 is 50.1 Å². The number of hydrogen-bond donors (Lipinski definition) is 1. The van der Waals surface area contributed by atoms with Crippen molar-refractivity contribution in [1.29, 1.82) is 0 Å². The third-order valence-corrected chi connectivity index (χ3v) is 4.21. The molecule has 0 aliphatic heterocycles. The van der Waals surface area contributed by atoms with E-state index in [2.05, 4.69) is 26.2 Å². The molecule has 1 heterocycles. The van der Waals surface area contributed by atoms with E-state index in [-0.39, 0.29) is 12.2 Å². The average molecular weight is 414 g/mol. The number of pyridine rings is 1. The fourth-order valence-corrected chi connectivity index (χ4v) is 2.86. The number of carboxylic acid groups (broad SMARTS) is 1. The van der Waals surface area contributed by atoms with Crippen LogP contribution in [0.3, 0.4) is 0 Å². The third kappa shape index (κ3) is 3.67. The van der Waals surface area contributed by atoms with Crippen LogP contribution in [0.25, 0.3) is 10.9 Å². The predicted molar refractivity (Wildman–Crippen MR) is 99.5 cm³/mol. The first-order valence-corrected chi connectivity index (χ1v) is 8.62. The van der Waals surface area contributed by atoms with Gasteiger partial charge in [0.25, 0.3) is 0 Å². The molecule has 0 bridgehead atoms. The third-order valence-electron chi connectivity index (χ3n) is 3.72. The first-order valence-electron chi connectivity index (χ1n) is 7.83. The summed E-state index contributed by atoms with van der Waals surface area (Å²) in [5.74, 6) is -1.74. The van der Waals surface area contributed by atoms with E-state index >= 15 is 0 Å². The number of fused-ring (bicyclic) bond motifs is 1. The number of hydrogen-bond acceptors (Lipinski definition) is 6. The summed E-state index contributed by atoms with van der Waals surface area (Å²) in [5, 5.41) is 14.8. The maximum absolute atomic E-state index is 12.3. The van der Waals surface area contributed by atoms with Crippen molar-refractivity contribution < 1.29 is 19.4 Å². The molecule has 0 aliphatic rings. The zero-order chi connectivity index (χ0) is 18.7. The molecule has 0 spiro atoms. The number of ether oxygens (including phenoxy) is 1. The van der Waals surface area contributed by atoms with Gasteiger partial charge in [0.1, 0.15) is 5.56 Å². The van der Waals surface area contributed by atoms with Crippen molar-refractivity contribution in [3.05, 3.63) is 64.3 Å². The number of nitrogens with zero attached hydrogens (tertiary/aromatic N) is 1. The van der Waals surface area contributed by atoms with Gasteiger partial charge >= 0.3 is 5.97 Å². The summed E-state index contributed by atoms with van der Waals surface area (Å²) in [6.07, 6.45) is 1.46. The second kappa shape index (κ2) is 7.53. The monoisotopic (exact) mass is 413 g/mol. The van der Waals surface area contributed by atoms with Crippen LogP contribution in [0.5, 0.6) is 0 Å². The van der Waals surface area contributed by atoms with Crippen molar-refractivity contribution in [2.45, 2.75) is 6.92 Å². The highest BCUT2D eigenvalue weighted by Crippen LogP contribution is 2.31. The Kier molecular flexibility index (Phi) is 5.18. The van der Waals surface area contributed by atoms with Gasteiger partial charge in [0.2, 0.25) is 0 Å². The van der Waals surface area contributed by atoms with Crippen molar-refractivity contribution in [2.24, 2.45) is 0 Å². The number of aromatic nitrogens is 1. The predicted octanol–water partition coefficient (Wildman–Crippen LogP) is 3.28. The number of carboxylic acids is 1. The molecule has 0 unspecified atom stereocenters. The lowest BCUT2D eigenvalue weighted by Gasteiger charge is -2.15. The lowest BCUT2D eigenvalue weighted by Crippen LogP contribution is -2.21. The van der Waals surface area contributed by atoms with Crippen molar-refractivity contribution in [3.8, 4) is 0 Å². The largest absolute Gasteiger partial charge is 0.545 e. The molecule has 26 heavy (non-hydrogen) atoms. The van der Waals surface area contributed by atoms with Gasteiger partial charge in [-0.25, -0.2) is 4.79 Å². The lowest BCUT2D eigenvalue weighted by molar-refractivity contribution is -0.255. The number of carbonyl (C=O) groups is 2. The molecule has 0 radical (unpaired) electrons. The second-order valence-electron chi connectivity index (χ2n) is 5.42. The van der Waals surface area contributed by atoms with Gasteiger partial charge in [0.05, 0.1) is 23.8 Å². The number of halogens is 1. The summed E-state index contributed by atoms with van der Waals surface area (Å²) in [4.78, 5) is 27.5. The maximum atomic E-state index is 12.3. The standard InChI is InChI=1S/C19H15BrN2O4/c1-2-26-19(25)15-10-21-16-8-5-12(20)9-14(16)17(15)22-13-6-3-11(4-7-13)18(23)24/h3-10H,2H2,1H3,(H,21,22)(H,23,24)/p-1. The van der Waals surface area contributed by atoms with Crippen molar-refractivity contribution in [2.75, 3.05) is 11.9 Å². The van der Waals surface area contributed by atoms with Crippen LogP contribution in [0.2, 0.25) is 0 Å². The summed E-state index contributed by atoms with van der Waals surface area (Å²) in [6.45, 7) is 1.98.